The van der Waals surface area contributed by atoms with E-state index in [1.54, 1.807) is 6.07 Å². The van der Waals surface area contributed by atoms with Crippen molar-refractivity contribution in [1.29, 1.82) is 0 Å². The smallest absolute Gasteiger partial charge is 0.119 e. The standard InChI is InChI=1S/C12H16O/c1-4-6-11-10(9(2)3)7-5-8-12(11)13/h4-5,7-9,13H,1,6H2,2-3H3. The van der Waals surface area contributed by atoms with Crippen molar-refractivity contribution in [2.75, 3.05) is 0 Å². The Hall–Kier alpha value is -1.24. The van der Waals surface area contributed by atoms with Crippen LogP contribution in [0, 0.1) is 0 Å². The number of aromatic hydroxyl groups is 1. The summed E-state index contributed by atoms with van der Waals surface area (Å²) in [6, 6.07) is 5.67. The Morgan fingerprint density at radius 3 is 2.69 bits per heavy atom. The highest BCUT2D eigenvalue weighted by atomic mass is 16.3. The SMILES string of the molecule is C=CCc1c(O)cccc1C(C)C. The minimum atomic E-state index is 0.381. The minimum absolute atomic E-state index is 0.381. The molecule has 1 rings (SSSR count). The van der Waals surface area contributed by atoms with E-state index in [2.05, 4.69) is 26.5 Å². The quantitative estimate of drug-likeness (QED) is 0.701. The average Bonchev–Trinajstić information content (AvgIpc) is 2.08. The maximum absolute atomic E-state index is 9.62. The van der Waals surface area contributed by atoms with Crippen LogP contribution in [0.15, 0.2) is 30.9 Å². The van der Waals surface area contributed by atoms with Crippen LogP contribution in [0.3, 0.4) is 0 Å². The zero-order valence-corrected chi connectivity index (χ0v) is 8.25. The van der Waals surface area contributed by atoms with Gasteiger partial charge in [-0.1, -0.05) is 32.1 Å². The van der Waals surface area contributed by atoms with Crippen LogP contribution < -0.4 is 0 Å². The van der Waals surface area contributed by atoms with Gasteiger partial charge in [0.25, 0.3) is 0 Å². The van der Waals surface area contributed by atoms with Gasteiger partial charge in [0.05, 0.1) is 0 Å². The molecule has 0 aliphatic rings. The Labute approximate surface area is 79.7 Å². The molecule has 1 heteroatoms. The molecule has 0 heterocycles. The van der Waals surface area contributed by atoms with Crippen molar-refractivity contribution in [3.8, 4) is 5.75 Å². The van der Waals surface area contributed by atoms with E-state index in [1.165, 1.54) is 5.56 Å². The molecule has 0 amide bonds. The fraction of sp³-hybridized carbons (Fsp3) is 0.333. The van der Waals surface area contributed by atoms with Crippen LogP contribution in [0.2, 0.25) is 0 Å². The molecular weight excluding hydrogens is 160 g/mol. The Morgan fingerprint density at radius 2 is 2.15 bits per heavy atom. The highest BCUT2D eigenvalue weighted by Crippen LogP contribution is 2.27. The molecule has 70 valence electrons. The van der Waals surface area contributed by atoms with Gasteiger partial charge in [0.15, 0.2) is 0 Å². The Balaban J connectivity index is 3.16. The van der Waals surface area contributed by atoms with Gasteiger partial charge < -0.3 is 5.11 Å². The lowest BCUT2D eigenvalue weighted by atomic mass is 9.95. The molecule has 1 N–H and O–H groups in total. The van der Waals surface area contributed by atoms with Crippen molar-refractivity contribution in [3.63, 3.8) is 0 Å². The van der Waals surface area contributed by atoms with E-state index in [4.69, 9.17) is 0 Å². The van der Waals surface area contributed by atoms with Crippen molar-refractivity contribution in [3.05, 3.63) is 42.0 Å². The maximum atomic E-state index is 9.62. The predicted molar refractivity (Wildman–Crippen MR) is 56.1 cm³/mol. The molecule has 0 bridgehead atoms. The van der Waals surface area contributed by atoms with Crippen molar-refractivity contribution in [1.82, 2.24) is 0 Å². The second-order valence-corrected chi connectivity index (χ2v) is 3.49. The molecule has 0 fully saturated rings. The molecule has 0 radical (unpaired) electrons. The molecule has 0 spiro atoms. The number of rotatable bonds is 3. The first-order valence-electron chi connectivity index (χ1n) is 4.58. The lowest BCUT2D eigenvalue weighted by molar-refractivity contribution is 0.468. The van der Waals surface area contributed by atoms with Gasteiger partial charge in [-0.25, -0.2) is 0 Å². The van der Waals surface area contributed by atoms with Gasteiger partial charge >= 0.3 is 0 Å². The summed E-state index contributed by atoms with van der Waals surface area (Å²) in [6.45, 7) is 7.94. The fourth-order valence-corrected chi connectivity index (χ4v) is 1.50. The summed E-state index contributed by atoms with van der Waals surface area (Å²) < 4.78 is 0. The van der Waals surface area contributed by atoms with Crippen LogP contribution in [0.4, 0.5) is 0 Å². The molecule has 0 saturated heterocycles. The zero-order chi connectivity index (χ0) is 9.84. The number of allylic oxidation sites excluding steroid dienone is 1. The summed E-state index contributed by atoms with van der Waals surface area (Å²) >= 11 is 0. The van der Waals surface area contributed by atoms with E-state index in [-0.39, 0.29) is 0 Å². The first-order valence-corrected chi connectivity index (χ1v) is 4.58. The van der Waals surface area contributed by atoms with Gasteiger partial charge in [0.2, 0.25) is 0 Å². The summed E-state index contributed by atoms with van der Waals surface area (Å²) in [5.74, 6) is 0.827. The highest BCUT2D eigenvalue weighted by molar-refractivity contribution is 5.41. The lowest BCUT2D eigenvalue weighted by Crippen LogP contribution is -1.95. The average molecular weight is 176 g/mol. The van der Waals surface area contributed by atoms with Crippen LogP contribution in [-0.2, 0) is 6.42 Å². The third kappa shape index (κ3) is 2.11. The van der Waals surface area contributed by atoms with E-state index < -0.39 is 0 Å². The number of phenols is 1. The van der Waals surface area contributed by atoms with Gasteiger partial charge in [-0.05, 0) is 24.0 Å². The maximum Gasteiger partial charge on any atom is 0.119 e. The summed E-state index contributed by atoms with van der Waals surface area (Å²) in [5.41, 5.74) is 2.22. The topological polar surface area (TPSA) is 20.2 Å². The van der Waals surface area contributed by atoms with Crippen molar-refractivity contribution >= 4 is 0 Å². The second-order valence-electron chi connectivity index (χ2n) is 3.49. The molecule has 0 aliphatic heterocycles. The molecule has 1 aromatic carbocycles. The van der Waals surface area contributed by atoms with Crippen molar-refractivity contribution in [2.24, 2.45) is 0 Å². The summed E-state index contributed by atoms with van der Waals surface area (Å²) in [4.78, 5) is 0. The summed E-state index contributed by atoms with van der Waals surface area (Å²) in [5, 5.41) is 9.62. The van der Waals surface area contributed by atoms with Crippen LogP contribution >= 0.6 is 0 Å². The number of benzene rings is 1. The number of phenolic OH excluding ortho intramolecular Hbond substituents is 1. The van der Waals surface area contributed by atoms with Gasteiger partial charge in [-0.3, -0.25) is 0 Å². The molecular formula is C12H16O. The minimum Gasteiger partial charge on any atom is -0.508 e. The van der Waals surface area contributed by atoms with Gasteiger partial charge in [0.1, 0.15) is 5.75 Å². The van der Waals surface area contributed by atoms with E-state index in [9.17, 15) is 5.11 Å². The molecule has 0 unspecified atom stereocenters. The first-order chi connectivity index (χ1) is 6.16. The number of hydrogen-bond donors (Lipinski definition) is 1. The Bertz CT molecular complexity index is 300. The normalized spacial score (nSPS) is 10.4. The third-order valence-electron chi connectivity index (χ3n) is 2.16. The second kappa shape index (κ2) is 4.13. The summed E-state index contributed by atoms with van der Waals surface area (Å²) in [6.07, 6.45) is 2.56. The van der Waals surface area contributed by atoms with Crippen LogP contribution in [0.5, 0.6) is 5.75 Å². The van der Waals surface area contributed by atoms with Gasteiger partial charge in [-0.15, -0.1) is 6.58 Å². The largest absolute Gasteiger partial charge is 0.508 e. The van der Waals surface area contributed by atoms with E-state index in [0.717, 1.165) is 12.0 Å². The van der Waals surface area contributed by atoms with E-state index in [0.29, 0.717) is 11.7 Å². The van der Waals surface area contributed by atoms with E-state index >= 15 is 0 Å². The highest BCUT2D eigenvalue weighted by Gasteiger charge is 2.08. The van der Waals surface area contributed by atoms with Crippen LogP contribution in [0.25, 0.3) is 0 Å². The monoisotopic (exact) mass is 176 g/mol. The van der Waals surface area contributed by atoms with Crippen LogP contribution in [0.1, 0.15) is 30.9 Å². The fourth-order valence-electron chi connectivity index (χ4n) is 1.50. The molecule has 1 nitrogen and oxygen atoms in total. The molecule has 13 heavy (non-hydrogen) atoms. The van der Waals surface area contributed by atoms with Crippen molar-refractivity contribution < 1.29 is 5.11 Å². The van der Waals surface area contributed by atoms with Gasteiger partial charge in [-0.2, -0.15) is 0 Å². The Kier molecular flexibility index (Phi) is 3.13. The van der Waals surface area contributed by atoms with Crippen LogP contribution in [-0.4, -0.2) is 5.11 Å². The first kappa shape index (κ1) is 9.85. The predicted octanol–water partition coefficient (Wildman–Crippen LogP) is 3.24. The molecule has 0 saturated carbocycles. The third-order valence-corrected chi connectivity index (χ3v) is 2.16. The molecule has 0 atom stereocenters. The molecule has 1 aromatic rings. The van der Waals surface area contributed by atoms with Gasteiger partial charge in [0, 0.05) is 5.56 Å². The van der Waals surface area contributed by atoms with E-state index in [1.807, 2.05) is 12.1 Å². The molecule has 0 aromatic heterocycles. The molecule has 0 aliphatic carbocycles. The lowest BCUT2D eigenvalue weighted by Gasteiger charge is -2.12. The number of hydrogen-bond acceptors (Lipinski definition) is 1. The zero-order valence-electron chi connectivity index (χ0n) is 8.25. The summed E-state index contributed by atoms with van der Waals surface area (Å²) in [7, 11) is 0. The Morgan fingerprint density at radius 1 is 1.46 bits per heavy atom. The van der Waals surface area contributed by atoms with Crippen molar-refractivity contribution in [2.45, 2.75) is 26.2 Å².